The van der Waals surface area contributed by atoms with E-state index in [0.29, 0.717) is 13.1 Å². The van der Waals surface area contributed by atoms with E-state index >= 15 is 0 Å². The van der Waals surface area contributed by atoms with Gasteiger partial charge in [-0.2, -0.15) is 0 Å². The second-order valence-electron chi connectivity index (χ2n) is 6.37. The number of carbonyl (C=O) groups is 1. The van der Waals surface area contributed by atoms with Crippen molar-refractivity contribution < 1.29 is 10.1 Å². The maximum Gasteiger partial charge on any atom is 0.275 e. The molecule has 1 aromatic heterocycles. The van der Waals surface area contributed by atoms with Gasteiger partial charge in [-0.25, -0.2) is 0 Å². The van der Waals surface area contributed by atoms with Gasteiger partial charge in [0.1, 0.15) is 6.04 Å². The molecule has 0 aliphatic carbocycles. The largest absolute Gasteiger partial charge is 0.351 e. The van der Waals surface area contributed by atoms with E-state index in [-0.39, 0.29) is 11.9 Å². The minimum atomic E-state index is 0.0797. The maximum atomic E-state index is 12.3. The minimum Gasteiger partial charge on any atom is -0.351 e. The molecule has 4 heteroatoms. The van der Waals surface area contributed by atoms with E-state index in [1.54, 1.807) is 11.3 Å². The molecule has 0 radical (unpaired) electrons. The van der Waals surface area contributed by atoms with Crippen molar-refractivity contribution in [2.45, 2.75) is 19.4 Å². The number of amides is 1. The summed E-state index contributed by atoms with van der Waals surface area (Å²) in [6.07, 6.45) is 0.867. The predicted molar refractivity (Wildman–Crippen MR) is 107 cm³/mol. The van der Waals surface area contributed by atoms with E-state index in [2.05, 4.69) is 59.3 Å². The first-order valence-corrected chi connectivity index (χ1v) is 9.85. The average Bonchev–Trinajstić information content (AvgIpc) is 3.19. The summed E-state index contributed by atoms with van der Waals surface area (Å²) in [7, 11) is 0. The Balaban J connectivity index is 1.52. The fourth-order valence-electron chi connectivity index (χ4n) is 3.07. The number of hydrogen-bond acceptors (Lipinski definition) is 2. The molecule has 3 rings (SSSR count). The maximum absolute atomic E-state index is 12.3. The molecule has 0 bridgehead atoms. The van der Waals surface area contributed by atoms with Crippen LogP contribution >= 0.6 is 11.3 Å². The molecule has 0 fully saturated rings. The molecule has 1 atom stereocenters. The highest BCUT2D eigenvalue weighted by Crippen LogP contribution is 2.22. The highest BCUT2D eigenvalue weighted by atomic mass is 32.1. The van der Waals surface area contributed by atoms with E-state index < -0.39 is 0 Å². The Kier molecular flexibility index (Phi) is 6.58. The summed E-state index contributed by atoms with van der Waals surface area (Å²) in [4.78, 5) is 13.6. The summed E-state index contributed by atoms with van der Waals surface area (Å²) >= 11 is 1.73. The first-order valence-electron chi connectivity index (χ1n) is 8.97. The molecule has 3 N–H and O–H groups in total. The van der Waals surface area contributed by atoms with Crippen LogP contribution in [0.4, 0.5) is 0 Å². The number of aryl methyl sites for hydroxylation is 1. The van der Waals surface area contributed by atoms with E-state index in [1.165, 1.54) is 21.6 Å². The lowest BCUT2D eigenvalue weighted by atomic mass is 10.1. The summed E-state index contributed by atoms with van der Waals surface area (Å²) in [5.74, 6) is 0.0797. The number of carbonyl (C=O) groups excluding carboxylic acids is 1. The molecule has 0 unspecified atom stereocenters. The van der Waals surface area contributed by atoms with Crippen LogP contribution < -0.4 is 10.6 Å². The number of nitrogens with two attached hydrogens (primary N) is 1. The molecule has 1 heterocycles. The Hall–Kier alpha value is -2.43. The van der Waals surface area contributed by atoms with Crippen LogP contribution in [0.3, 0.4) is 0 Å². The van der Waals surface area contributed by atoms with Crippen molar-refractivity contribution in [3.63, 3.8) is 0 Å². The summed E-state index contributed by atoms with van der Waals surface area (Å²) < 4.78 is 0. The van der Waals surface area contributed by atoms with Crippen molar-refractivity contribution >= 4 is 17.2 Å². The Morgan fingerprint density at radius 1 is 1.04 bits per heavy atom. The fourth-order valence-corrected chi connectivity index (χ4v) is 3.92. The number of hydrogen-bond donors (Lipinski definition) is 2. The monoisotopic (exact) mass is 365 g/mol. The zero-order valence-corrected chi connectivity index (χ0v) is 15.8. The quantitative estimate of drug-likeness (QED) is 0.633. The number of rotatable bonds is 8. The molecule has 3 nitrogen and oxygen atoms in total. The van der Waals surface area contributed by atoms with Crippen LogP contribution in [0.5, 0.6) is 0 Å². The molecule has 26 heavy (non-hydrogen) atoms. The van der Waals surface area contributed by atoms with Crippen molar-refractivity contribution in [1.29, 1.82) is 0 Å². The van der Waals surface area contributed by atoms with Gasteiger partial charge in [0.25, 0.3) is 5.91 Å². The van der Waals surface area contributed by atoms with Crippen LogP contribution in [0.25, 0.3) is 0 Å². The van der Waals surface area contributed by atoms with Gasteiger partial charge in [0.15, 0.2) is 6.54 Å². The Bertz CT molecular complexity index is 815. The van der Waals surface area contributed by atoms with Gasteiger partial charge in [0.2, 0.25) is 0 Å². The smallest absolute Gasteiger partial charge is 0.275 e. The Morgan fingerprint density at radius 2 is 1.81 bits per heavy atom. The summed E-state index contributed by atoms with van der Waals surface area (Å²) in [5, 5.41) is 7.24. The predicted octanol–water partition coefficient (Wildman–Crippen LogP) is 3.07. The third-order valence-electron chi connectivity index (χ3n) is 4.53. The van der Waals surface area contributed by atoms with E-state index in [4.69, 9.17) is 0 Å². The van der Waals surface area contributed by atoms with E-state index in [9.17, 15) is 4.79 Å². The van der Waals surface area contributed by atoms with Crippen molar-refractivity contribution in [2.75, 3.05) is 13.1 Å². The standard InChI is InChI=1S/C22H24N2OS/c1-17-8-5-6-9-18(17)13-14-23-21(25)16-24-22(20-12-7-15-26-20)19-10-3-2-4-11-19/h2-12,15,22,24H,13-14,16H2,1H3,(H,23,25)/p+1/t22-/m1/s1. The highest BCUT2D eigenvalue weighted by Gasteiger charge is 2.19. The fraction of sp³-hybridized carbons (Fsp3) is 0.227. The van der Waals surface area contributed by atoms with Gasteiger partial charge in [-0.3, -0.25) is 4.79 Å². The number of thiophene rings is 1. The molecule has 1 amide bonds. The normalized spacial score (nSPS) is 11.9. The van der Waals surface area contributed by atoms with Crippen molar-refractivity contribution in [3.05, 3.63) is 93.7 Å². The molecule has 0 saturated heterocycles. The minimum absolute atomic E-state index is 0.0797. The van der Waals surface area contributed by atoms with Gasteiger partial charge in [-0.1, -0.05) is 60.7 Å². The van der Waals surface area contributed by atoms with Crippen LogP contribution in [0.15, 0.2) is 72.1 Å². The number of quaternary nitrogens is 1. The first-order chi connectivity index (χ1) is 12.7. The molecule has 0 saturated carbocycles. The average molecular weight is 366 g/mol. The molecule has 0 spiro atoms. The number of benzene rings is 2. The van der Waals surface area contributed by atoms with Crippen molar-refractivity contribution in [3.8, 4) is 0 Å². The number of nitrogens with one attached hydrogen (secondary N) is 1. The van der Waals surface area contributed by atoms with Crippen LogP contribution in [0.2, 0.25) is 0 Å². The van der Waals surface area contributed by atoms with Gasteiger partial charge in [0, 0.05) is 12.1 Å². The third kappa shape index (κ3) is 5.04. The summed E-state index contributed by atoms with van der Waals surface area (Å²) in [5.41, 5.74) is 3.79. The van der Waals surface area contributed by atoms with E-state index in [0.717, 1.165) is 6.42 Å². The van der Waals surface area contributed by atoms with Crippen LogP contribution in [-0.2, 0) is 11.2 Å². The molecular weight excluding hydrogens is 340 g/mol. The van der Waals surface area contributed by atoms with Crippen molar-refractivity contribution in [1.82, 2.24) is 5.32 Å². The second kappa shape index (κ2) is 9.32. The van der Waals surface area contributed by atoms with Crippen LogP contribution in [0.1, 0.15) is 27.6 Å². The first kappa shape index (κ1) is 18.4. The molecular formula is C22H25N2OS+. The van der Waals surface area contributed by atoms with E-state index in [1.807, 2.05) is 30.3 Å². The molecule has 3 aromatic rings. The van der Waals surface area contributed by atoms with Crippen LogP contribution in [0, 0.1) is 6.92 Å². The third-order valence-corrected chi connectivity index (χ3v) is 5.48. The summed E-state index contributed by atoms with van der Waals surface area (Å²) in [6.45, 7) is 3.20. The van der Waals surface area contributed by atoms with Gasteiger partial charge < -0.3 is 10.6 Å². The molecule has 0 aliphatic heterocycles. The lowest BCUT2D eigenvalue weighted by Crippen LogP contribution is -2.87. The summed E-state index contributed by atoms with van der Waals surface area (Å²) in [6, 6.07) is 23.0. The van der Waals surface area contributed by atoms with Gasteiger partial charge in [0.05, 0.1) is 4.88 Å². The van der Waals surface area contributed by atoms with Gasteiger partial charge >= 0.3 is 0 Å². The van der Waals surface area contributed by atoms with Crippen molar-refractivity contribution in [2.24, 2.45) is 0 Å². The van der Waals surface area contributed by atoms with Gasteiger partial charge in [-0.15, -0.1) is 11.3 Å². The molecule has 0 aliphatic rings. The topological polar surface area (TPSA) is 45.7 Å². The second-order valence-corrected chi connectivity index (χ2v) is 7.35. The highest BCUT2D eigenvalue weighted by molar-refractivity contribution is 7.10. The zero-order chi connectivity index (χ0) is 18.2. The lowest BCUT2D eigenvalue weighted by Gasteiger charge is -2.15. The molecule has 2 aromatic carbocycles. The Morgan fingerprint density at radius 3 is 2.54 bits per heavy atom. The SMILES string of the molecule is Cc1ccccc1CCNC(=O)C[NH2+][C@H](c1ccccc1)c1cccs1. The lowest BCUT2D eigenvalue weighted by molar-refractivity contribution is -0.676. The zero-order valence-electron chi connectivity index (χ0n) is 15.0. The van der Waals surface area contributed by atoms with Crippen LogP contribution in [-0.4, -0.2) is 19.0 Å². The molecule has 134 valence electrons. The van der Waals surface area contributed by atoms with Gasteiger partial charge in [-0.05, 0) is 35.9 Å². The Labute approximate surface area is 159 Å².